The number of benzene rings is 1. The van der Waals surface area contributed by atoms with Crippen molar-refractivity contribution in [2.75, 3.05) is 6.54 Å². The molecule has 1 N–H and O–H groups in total. The first-order valence-corrected chi connectivity index (χ1v) is 4.95. The van der Waals surface area contributed by atoms with Gasteiger partial charge in [0.25, 0.3) is 0 Å². The molecule has 0 aliphatic carbocycles. The molecule has 0 bridgehead atoms. The molecule has 0 heterocycles. The topological polar surface area (TPSA) is 59.6 Å². The summed E-state index contributed by atoms with van der Waals surface area (Å²) < 4.78 is 0. The van der Waals surface area contributed by atoms with Crippen molar-refractivity contribution in [2.45, 2.75) is 19.4 Å². The van der Waals surface area contributed by atoms with Crippen molar-refractivity contribution < 1.29 is 0 Å². The van der Waals surface area contributed by atoms with E-state index in [-0.39, 0.29) is 6.04 Å². The van der Waals surface area contributed by atoms with Gasteiger partial charge in [-0.3, -0.25) is 5.32 Å². The maximum atomic E-state index is 8.96. The van der Waals surface area contributed by atoms with E-state index in [1.54, 1.807) is 12.1 Å². The van der Waals surface area contributed by atoms with Gasteiger partial charge in [0.15, 0.2) is 0 Å². The Morgan fingerprint density at radius 2 is 1.93 bits per heavy atom. The van der Waals surface area contributed by atoms with Crippen molar-refractivity contribution in [3.8, 4) is 12.1 Å². The molecule has 0 radical (unpaired) electrons. The molecular formula is C12H13N3. The molecule has 0 aliphatic heterocycles. The summed E-state index contributed by atoms with van der Waals surface area (Å²) in [5.74, 6) is 0. The first-order valence-electron chi connectivity index (χ1n) is 4.95. The van der Waals surface area contributed by atoms with E-state index in [9.17, 15) is 0 Å². The number of hydrogen-bond acceptors (Lipinski definition) is 3. The fourth-order valence-corrected chi connectivity index (χ4v) is 1.28. The van der Waals surface area contributed by atoms with Crippen LogP contribution in [0.25, 0.3) is 0 Å². The minimum absolute atomic E-state index is 0.280. The first kappa shape index (κ1) is 11.2. The van der Waals surface area contributed by atoms with Crippen molar-refractivity contribution in [1.29, 1.82) is 10.5 Å². The number of nitrogens with zero attached hydrogens (tertiary/aromatic N) is 2. The van der Waals surface area contributed by atoms with E-state index in [1.807, 2.05) is 12.1 Å². The second kappa shape index (κ2) is 5.80. The van der Waals surface area contributed by atoms with Gasteiger partial charge >= 0.3 is 0 Å². The maximum absolute atomic E-state index is 8.96. The van der Waals surface area contributed by atoms with Crippen LogP contribution in [0.5, 0.6) is 0 Å². The Kier molecular flexibility index (Phi) is 4.34. The van der Waals surface area contributed by atoms with Gasteiger partial charge in [0, 0.05) is 0 Å². The summed E-state index contributed by atoms with van der Waals surface area (Å²) in [6, 6.07) is 11.1. The Hall–Kier alpha value is -1.84. The minimum Gasteiger partial charge on any atom is -0.298 e. The van der Waals surface area contributed by atoms with Crippen molar-refractivity contribution in [2.24, 2.45) is 0 Å². The number of nitriles is 2. The molecule has 15 heavy (non-hydrogen) atoms. The molecule has 3 heteroatoms. The van der Waals surface area contributed by atoms with Crippen molar-refractivity contribution in [3.63, 3.8) is 0 Å². The molecule has 76 valence electrons. The number of rotatable bonds is 4. The van der Waals surface area contributed by atoms with Gasteiger partial charge in [0.05, 0.1) is 17.7 Å². The Bertz CT molecular complexity index is 381. The van der Waals surface area contributed by atoms with Crippen molar-refractivity contribution >= 4 is 0 Å². The maximum Gasteiger partial charge on any atom is 0.121 e. The summed E-state index contributed by atoms with van der Waals surface area (Å²) in [6.45, 7) is 2.87. The molecule has 0 spiro atoms. The fraction of sp³-hybridized carbons (Fsp3) is 0.333. The average molecular weight is 199 g/mol. The molecule has 3 nitrogen and oxygen atoms in total. The van der Waals surface area contributed by atoms with Crippen LogP contribution in [0.3, 0.4) is 0 Å². The largest absolute Gasteiger partial charge is 0.298 e. The molecule has 0 amide bonds. The van der Waals surface area contributed by atoms with Crippen LogP contribution in [0.4, 0.5) is 0 Å². The summed E-state index contributed by atoms with van der Waals surface area (Å²) in [4.78, 5) is 0. The summed E-state index contributed by atoms with van der Waals surface area (Å²) >= 11 is 0. The molecule has 0 saturated heterocycles. The van der Waals surface area contributed by atoms with Crippen LogP contribution in [0.1, 0.15) is 30.5 Å². The third kappa shape index (κ3) is 3.09. The lowest BCUT2D eigenvalue weighted by Gasteiger charge is -2.10. The Morgan fingerprint density at radius 3 is 2.40 bits per heavy atom. The average Bonchev–Trinajstić information content (AvgIpc) is 2.31. The van der Waals surface area contributed by atoms with E-state index < -0.39 is 0 Å². The monoisotopic (exact) mass is 199 g/mol. The highest BCUT2D eigenvalue weighted by atomic mass is 14.9. The van der Waals surface area contributed by atoms with Crippen LogP contribution in [0, 0.1) is 22.7 Å². The van der Waals surface area contributed by atoms with E-state index in [4.69, 9.17) is 10.5 Å². The summed E-state index contributed by atoms with van der Waals surface area (Å²) in [7, 11) is 0. The quantitative estimate of drug-likeness (QED) is 0.808. The normalized spacial score (nSPS) is 11.4. The van der Waals surface area contributed by atoms with Gasteiger partial charge in [0.2, 0.25) is 0 Å². The van der Waals surface area contributed by atoms with Gasteiger partial charge in [-0.15, -0.1) is 0 Å². The Labute approximate surface area is 90.0 Å². The van der Waals surface area contributed by atoms with Crippen LogP contribution in [0.2, 0.25) is 0 Å². The number of nitrogens with one attached hydrogen (secondary N) is 1. The van der Waals surface area contributed by atoms with Gasteiger partial charge in [-0.1, -0.05) is 19.1 Å². The smallest absolute Gasteiger partial charge is 0.121 e. The van der Waals surface area contributed by atoms with Gasteiger partial charge < -0.3 is 0 Å². The van der Waals surface area contributed by atoms with E-state index in [0.29, 0.717) is 5.56 Å². The van der Waals surface area contributed by atoms with Crippen LogP contribution in [-0.2, 0) is 0 Å². The third-order valence-electron chi connectivity index (χ3n) is 2.10. The van der Waals surface area contributed by atoms with Crippen LogP contribution in [0.15, 0.2) is 24.3 Å². The molecule has 0 saturated carbocycles. The lowest BCUT2D eigenvalue weighted by Crippen LogP contribution is -2.20. The Morgan fingerprint density at radius 1 is 1.27 bits per heavy atom. The molecule has 1 unspecified atom stereocenters. The highest BCUT2D eigenvalue weighted by Crippen LogP contribution is 2.12. The van der Waals surface area contributed by atoms with Crippen LogP contribution < -0.4 is 5.32 Å². The second-order valence-corrected chi connectivity index (χ2v) is 3.25. The highest BCUT2D eigenvalue weighted by molar-refractivity contribution is 5.34. The van der Waals surface area contributed by atoms with Crippen molar-refractivity contribution in [1.82, 2.24) is 5.32 Å². The van der Waals surface area contributed by atoms with Gasteiger partial charge in [-0.2, -0.15) is 10.5 Å². The minimum atomic E-state index is -0.280. The molecule has 1 rings (SSSR count). The van der Waals surface area contributed by atoms with Gasteiger partial charge in [-0.25, -0.2) is 0 Å². The van der Waals surface area contributed by atoms with Gasteiger partial charge in [0.1, 0.15) is 6.04 Å². The number of hydrogen-bond donors (Lipinski definition) is 1. The van der Waals surface area contributed by atoms with Gasteiger partial charge in [-0.05, 0) is 30.7 Å². The van der Waals surface area contributed by atoms with Crippen LogP contribution in [-0.4, -0.2) is 6.54 Å². The molecule has 0 aromatic heterocycles. The lowest BCUT2D eigenvalue weighted by atomic mass is 10.1. The summed E-state index contributed by atoms with van der Waals surface area (Å²) in [6.07, 6.45) is 0.995. The zero-order valence-electron chi connectivity index (χ0n) is 8.70. The fourth-order valence-electron chi connectivity index (χ4n) is 1.28. The predicted octanol–water partition coefficient (Wildman–Crippen LogP) is 2.12. The van der Waals surface area contributed by atoms with E-state index in [2.05, 4.69) is 24.4 Å². The molecule has 0 fully saturated rings. The molecule has 0 aliphatic rings. The summed E-state index contributed by atoms with van der Waals surface area (Å²) in [5, 5.41) is 20.7. The third-order valence-corrected chi connectivity index (χ3v) is 2.10. The van der Waals surface area contributed by atoms with E-state index in [0.717, 1.165) is 18.5 Å². The second-order valence-electron chi connectivity index (χ2n) is 3.25. The zero-order valence-corrected chi connectivity index (χ0v) is 8.70. The van der Waals surface area contributed by atoms with E-state index >= 15 is 0 Å². The SMILES string of the molecule is CCCNC(C#N)c1ccc(C#N)cc1. The van der Waals surface area contributed by atoms with E-state index in [1.165, 1.54) is 0 Å². The standard InChI is InChI=1S/C12H13N3/c1-2-7-15-12(9-14)11-5-3-10(8-13)4-6-11/h3-6,12,15H,2,7H2,1H3. The lowest BCUT2D eigenvalue weighted by molar-refractivity contribution is 0.621. The highest BCUT2D eigenvalue weighted by Gasteiger charge is 2.08. The van der Waals surface area contributed by atoms with Crippen molar-refractivity contribution in [3.05, 3.63) is 35.4 Å². The Balaban J connectivity index is 2.76. The summed E-state index contributed by atoms with van der Waals surface area (Å²) in [5.41, 5.74) is 1.52. The molecule has 1 atom stereocenters. The molecular weight excluding hydrogens is 186 g/mol. The predicted molar refractivity (Wildman–Crippen MR) is 57.8 cm³/mol. The zero-order chi connectivity index (χ0) is 11.1. The first-order chi connectivity index (χ1) is 7.31. The molecule has 1 aromatic rings. The van der Waals surface area contributed by atoms with Crippen LogP contribution >= 0.6 is 0 Å². The molecule has 1 aromatic carbocycles.